The first-order chi connectivity index (χ1) is 14.8. The van der Waals surface area contributed by atoms with Crippen LogP contribution in [0.15, 0.2) is 42.5 Å². The maximum absolute atomic E-state index is 13.0. The molecule has 0 radical (unpaired) electrons. The summed E-state index contributed by atoms with van der Waals surface area (Å²) in [6.07, 6.45) is -0.0386. The lowest BCUT2D eigenvalue weighted by atomic mass is 10.1. The molecule has 3 rings (SSSR count). The zero-order chi connectivity index (χ0) is 22.4. The average molecular weight is 430 g/mol. The number of nitrogens with one attached hydrogen (secondary N) is 1. The number of carbonyl (C=O) groups excluding carboxylic acids is 2. The Hall–Kier alpha value is -2.97. The number of benzene rings is 2. The number of rotatable bonds is 9. The molecule has 1 aliphatic rings. The number of ether oxygens (including phenoxy) is 2. The van der Waals surface area contributed by atoms with Crippen molar-refractivity contribution in [3.63, 3.8) is 0 Å². The van der Waals surface area contributed by atoms with Gasteiger partial charge in [0.25, 0.3) is 0 Å². The molecular formula is C23H27FN2O5. The number of hydrogen-bond acceptors (Lipinski definition) is 6. The summed E-state index contributed by atoms with van der Waals surface area (Å²) < 4.78 is 24.6. The quantitative estimate of drug-likeness (QED) is 0.595. The Balaban J connectivity index is 1.53. The number of para-hydroxylation sites is 1. The van der Waals surface area contributed by atoms with Crippen LogP contribution in [0, 0.1) is 5.82 Å². The van der Waals surface area contributed by atoms with Crippen LogP contribution in [0.2, 0.25) is 0 Å². The van der Waals surface area contributed by atoms with Gasteiger partial charge in [-0.1, -0.05) is 6.07 Å². The second kappa shape index (κ2) is 10.4. The summed E-state index contributed by atoms with van der Waals surface area (Å²) in [6, 6.07) is 10.8. The van der Waals surface area contributed by atoms with Gasteiger partial charge in [0, 0.05) is 26.6 Å². The van der Waals surface area contributed by atoms with E-state index in [-0.39, 0.29) is 36.0 Å². The molecule has 2 aromatic carbocycles. The normalized spacial score (nSPS) is 17.2. The van der Waals surface area contributed by atoms with Crippen molar-refractivity contribution < 1.29 is 28.6 Å². The van der Waals surface area contributed by atoms with E-state index in [1.54, 1.807) is 30.3 Å². The summed E-state index contributed by atoms with van der Waals surface area (Å²) in [4.78, 5) is 25.5. The molecular weight excluding hydrogens is 403 g/mol. The number of anilines is 1. The van der Waals surface area contributed by atoms with Crippen molar-refractivity contribution in [1.82, 2.24) is 4.90 Å². The highest BCUT2D eigenvalue weighted by Gasteiger charge is 2.26. The first-order valence-electron chi connectivity index (χ1n) is 10.2. The van der Waals surface area contributed by atoms with Crippen LogP contribution in [0.5, 0.6) is 11.5 Å². The molecule has 166 valence electrons. The Kier molecular flexibility index (Phi) is 7.59. The first-order valence-corrected chi connectivity index (χ1v) is 10.2. The lowest BCUT2D eigenvalue weighted by Crippen LogP contribution is -2.35. The maximum atomic E-state index is 13.0. The Morgan fingerprint density at radius 1 is 1.23 bits per heavy atom. The van der Waals surface area contributed by atoms with Crippen LogP contribution in [0.3, 0.4) is 0 Å². The van der Waals surface area contributed by atoms with Gasteiger partial charge in [0.15, 0.2) is 11.5 Å². The van der Waals surface area contributed by atoms with Gasteiger partial charge in [0.1, 0.15) is 30.4 Å². The van der Waals surface area contributed by atoms with Gasteiger partial charge >= 0.3 is 0 Å². The van der Waals surface area contributed by atoms with E-state index in [4.69, 9.17) is 9.47 Å². The van der Waals surface area contributed by atoms with E-state index in [0.717, 1.165) is 13.0 Å². The summed E-state index contributed by atoms with van der Waals surface area (Å²) in [6.45, 7) is 4.52. The zero-order valence-corrected chi connectivity index (χ0v) is 17.6. The molecule has 1 fully saturated rings. The van der Waals surface area contributed by atoms with Crippen LogP contribution >= 0.6 is 0 Å². The Morgan fingerprint density at radius 2 is 1.97 bits per heavy atom. The molecule has 7 nitrogen and oxygen atoms in total. The number of Topliss-reactive ketones (excluding diaryl/α,β-unsaturated/α-hetero) is 1. The minimum Gasteiger partial charge on any atom is -0.489 e. The molecule has 1 amide bonds. The molecule has 0 aliphatic carbocycles. The van der Waals surface area contributed by atoms with Gasteiger partial charge in [-0.3, -0.25) is 14.5 Å². The second-order valence-electron chi connectivity index (χ2n) is 7.63. The van der Waals surface area contributed by atoms with E-state index in [1.807, 2.05) is 0 Å². The summed E-state index contributed by atoms with van der Waals surface area (Å²) in [5, 5.41) is 13.1. The fourth-order valence-electron chi connectivity index (χ4n) is 3.55. The lowest BCUT2D eigenvalue weighted by Gasteiger charge is -2.22. The fourth-order valence-corrected chi connectivity index (χ4v) is 3.55. The van der Waals surface area contributed by atoms with E-state index >= 15 is 0 Å². The summed E-state index contributed by atoms with van der Waals surface area (Å²) in [5.41, 5.74) is 0.730. The Morgan fingerprint density at radius 3 is 2.65 bits per heavy atom. The number of hydrogen-bond donors (Lipinski definition) is 2. The fraction of sp³-hybridized carbons (Fsp3) is 0.391. The zero-order valence-electron chi connectivity index (χ0n) is 17.6. The molecule has 1 heterocycles. The SMILES string of the molecule is CC(=O)Nc1cccc(C(C)=O)c1OCC(O)CN1CCC(Oc2ccc(F)cc2)C1. The van der Waals surface area contributed by atoms with Crippen molar-refractivity contribution in [3.8, 4) is 11.5 Å². The average Bonchev–Trinajstić information content (AvgIpc) is 3.14. The predicted molar refractivity (Wildman–Crippen MR) is 114 cm³/mol. The smallest absolute Gasteiger partial charge is 0.221 e. The van der Waals surface area contributed by atoms with Crippen molar-refractivity contribution >= 4 is 17.4 Å². The predicted octanol–water partition coefficient (Wildman–Crippen LogP) is 2.88. The van der Waals surface area contributed by atoms with Gasteiger partial charge in [-0.2, -0.15) is 0 Å². The maximum Gasteiger partial charge on any atom is 0.221 e. The number of carbonyl (C=O) groups is 2. The summed E-state index contributed by atoms with van der Waals surface area (Å²) in [7, 11) is 0. The van der Waals surface area contributed by atoms with Crippen LogP contribution in [-0.4, -0.2) is 60.1 Å². The Bertz CT molecular complexity index is 919. The summed E-state index contributed by atoms with van der Waals surface area (Å²) >= 11 is 0. The molecule has 31 heavy (non-hydrogen) atoms. The highest BCUT2D eigenvalue weighted by atomic mass is 19.1. The van der Waals surface area contributed by atoms with Gasteiger partial charge in [-0.15, -0.1) is 0 Å². The molecule has 0 spiro atoms. The topological polar surface area (TPSA) is 88.1 Å². The van der Waals surface area contributed by atoms with Gasteiger partial charge < -0.3 is 19.9 Å². The molecule has 0 bridgehead atoms. The Labute approximate surface area is 180 Å². The van der Waals surface area contributed by atoms with Crippen LogP contribution in [0.25, 0.3) is 0 Å². The third-order valence-corrected chi connectivity index (χ3v) is 4.94. The van der Waals surface area contributed by atoms with Crippen molar-refractivity contribution in [2.75, 3.05) is 31.6 Å². The molecule has 8 heteroatoms. The van der Waals surface area contributed by atoms with Gasteiger partial charge in [-0.05, 0) is 49.7 Å². The highest BCUT2D eigenvalue weighted by Crippen LogP contribution is 2.30. The van der Waals surface area contributed by atoms with Gasteiger partial charge in [0.05, 0.1) is 11.3 Å². The number of aliphatic hydroxyl groups is 1. The van der Waals surface area contributed by atoms with E-state index < -0.39 is 6.10 Å². The molecule has 0 saturated carbocycles. The molecule has 1 saturated heterocycles. The summed E-state index contributed by atoms with van der Waals surface area (Å²) in [5.74, 6) is 0.0792. The van der Waals surface area contributed by atoms with Crippen molar-refractivity contribution in [2.24, 2.45) is 0 Å². The largest absolute Gasteiger partial charge is 0.489 e. The number of ketones is 1. The van der Waals surface area contributed by atoms with Crippen LogP contribution in [-0.2, 0) is 4.79 Å². The molecule has 2 N–H and O–H groups in total. The number of halogens is 1. The van der Waals surface area contributed by atoms with Crippen molar-refractivity contribution in [1.29, 1.82) is 0 Å². The van der Waals surface area contributed by atoms with Crippen LogP contribution < -0.4 is 14.8 Å². The van der Waals surface area contributed by atoms with E-state index in [9.17, 15) is 19.1 Å². The number of likely N-dealkylation sites (tertiary alicyclic amines) is 1. The number of aliphatic hydroxyl groups excluding tert-OH is 1. The van der Waals surface area contributed by atoms with Gasteiger partial charge in [-0.25, -0.2) is 4.39 Å². The minimum absolute atomic E-state index is 0.0309. The van der Waals surface area contributed by atoms with Crippen LogP contribution in [0.4, 0.5) is 10.1 Å². The monoisotopic (exact) mass is 430 g/mol. The van der Waals surface area contributed by atoms with Crippen molar-refractivity contribution in [2.45, 2.75) is 32.5 Å². The second-order valence-corrected chi connectivity index (χ2v) is 7.63. The van der Waals surface area contributed by atoms with Crippen LogP contribution in [0.1, 0.15) is 30.6 Å². The number of amides is 1. The molecule has 2 unspecified atom stereocenters. The standard InChI is InChI=1S/C23H27FN2O5/c1-15(27)21-4-3-5-22(25-16(2)28)23(21)30-14-18(29)12-26-11-10-20(13-26)31-19-8-6-17(24)7-9-19/h3-9,18,20,29H,10-14H2,1-2H3,(H,25,28). The third-order valence-electron chi connectivity index (χ3n) is 4.94. The number of nitrogens with zero attached hydrogens (tertiary/aromatic N) is 1. The lowest BCUT2D eigenvalue weighted by molar-refractivity contribution is -0.114. The molecule has 1 aliphatic heterocycles. The molecule has 0 aromatic heterocycles. The first kappa shape index (κ1) is 22.7. The minimum atomic E-state index is -0.797. The number of β-amino-alcohol motifs (C(OH)–C–C–N with tert-alkyl or cyclic N) is 1. The van der Waals surface area contributed by atoms with E-state index in [2.05, 4.69) is 10.2 Å². The van der Waals surface area contributed by atoms with Gasteiger partial charge in [0.2, 0.25) is 5.91 Å². The van der Waals surface area contributed by atoms with E-state index in [1.165, 1.54) is 26.0 Å². The third kappa shape index (κ3) is 6.50. The molecule has 2 atom stereocenters. The van der Waals surface area contributed by atoms with Crippen molar-refractivity contribution in [3.05, 3.63) is 53.8 Å². The van der Waals surface area contributed by atoms with E-state index in [0.29, 0.717) is 30.1 Å². The highest BCUT2D eigenvalue weighted by molar-refractivity contribution is 6.00. The molecule has 2 aromatic rings.